The summed E-state index contributed by atoms with van der Waals surface area (Å²) in [6.45, 7) is 2.34. The number of methoxy groups -OCH3 is 3. The van der Waals surface area contributed by atoms with E-state index >= 15 is 0 Å². The summed E-state index contributed by atoms with van der Waals surface area (Å²) in [5, 5.41) is 1.08. The van der Waals surface area contributed by atoms with Gasteiger partial charge in [0.25, 0.3) is 0 Å². The van der Waals surface area contributed by atoms with Gasteiger partial charge in [0.15, 0.2) is 16.9 Å². The average Bonchev–Trinajstić information content (AvgIpc) is 2.92. The van der Waals surface area contributed by atoms with Crippen molar-refractivity contribution in [3.63, 3.8) is 0 Å². The average molecular weight is 474 g/mol. The van der Waals surface area contributed by atoms with Crippen molar-refractivity contribution in [2.24, 2.45) is 0 Å². The first-order valence-electron chi connectivity index (χ1n) is 11.4. The van der Waals surface area contributed by atoms with E-state index in [0.717, 1.165) is 5.69 Å². The summed E-state index contributed by atoms with van der Waals surface area (Å²) in [6, 6.07) is 18.2. The molecule has 0 bridgehead atoms. The molecule has 3 aromatic carbocycles. The van der Waals surface area contributed by atoms with Crippen LogP contribution in [0.1, 0.15) is 0 Å². The minimum Gasteiger partial charge on any atom is -0.493 e. The molecule has 8 nitrogen and oxygen atoms in total. The van der Waals surface area contributed by atoms with Gasteiger partial charge >= 0.3 is 6.03 Å². The third-order valence-electron chi connectivity index (χ3n) is 6.54. The van der Waals surface area contributed by atoms with Crippen LogP contribution in [0.25, 0.3) is 21.8 Å². The maximum atomic E-state index is 13.8. The van der Waals surface area contributed by atoms with E-state index in [2.05, 4.69) is 4.90 Å². The predicted octanol–water partition coefficient (Wildman–Crippen LogP) is 3.97. The van der Waals surface area contributed by atoms with Crippen LogP contribution in [-0.2, 0) is 0 Å². The number of amides is 1. The second-order valence-corrected chi connectivity index (χ2v) is 8.34. The molecule has 1 saturated heterocycles. The molecule has 0 saturated carbocycles. The molecule has 0 atom stereocenters. The molecule has 0 aliphatic carbocycles. The molecule has 1 aliphatic heterocycles. The Morgan fingerprint density at radius 3 is 1.74 bits per heavy atom. The number of hydrogen-bond donors (Lipinski definition) is 0. The predicted molar refractivity (Wildman–Crippen MR) is 136 cm³/mol. The standard InChI is InChI=1S/C27H27N3O5/c1-33-23-16-18(17-24(34-2)26(23)35-3)28-12-14-29(15-13-28)27(32)30-21-10-6-4-8-19(21)25(31)20-9-5-7-11-22(20)30/h4-11,16-17H,12-15H2,1-3H3. The summed E-state index contributed by atoms with van der Waals surface area (Å²) < 4.78 is 18.1. The Kier molecular flexibility index (Phi) is 5.94. The molecule has 35 heavy (non-hydrogen) atoms. The summed E-state index contributed by atoms with van der Waals surface area (Å²) in [5.41, 5.74) is 2.11. The van der Waals surface area contributed by atoms with Gasteiger partial charge in [0, 0.05) is 54.8 Å². The van der Waals surface area contributed by atoms with Gasteiger partial charge in [-0.2, -0.15) is 0 Å². The lowest BCUT2D eigenvalue weighted by Gasteiger charge is -2.37. The van der Waals surface area contributed by atoms with Gasteiger partial charge in [-0.25, -0.2) is 4.79 Å². The van der Waals surface area contributed by atoms with E-state index in [1.54, 1.807) is 38.0 Å². The van der Waals surface area contributed by atoms with Crippen molar-refractivity contribution < 1.29 is 19.0 Å². The van der Waals surface area contributed by atoms with Gasteiger partial charge in [0.2, 0.25) is 5.75 Å². The fraction of sp³-hybridized carbons (Fsp3) is 0.259. The van der Waals surface area contributed by atoms with Gasteiger partial charge < -0.3 is 24.0 Å². The molecule has 0 spiro atoms. The number of carbonyl (C=O) groups is 1. The highest BCUT2D eigenvalue weighted by Crippen LogP contribution is 2.41. The minimum atomic E-state index is -0.137. The monoisotopic (exact) mass is 473 g/mol. The highest BCUT2D eigenvalue weighted by Gasteiger charge is 2.26. The smallest absolute Gasteiger partial charge is 0.329 e. The van der Waals surface area contributed by atoms with E-state index < -0.39 is 0 Å². The Labute approximate surface area is 202 Å². The lowest BCUT2D eigenvalue weighted by molar-refractivity contribution is 0.198. The summed E-state index contributed by atoms with van der Waals surface area (Å²) >= 11 is 0. The lowest BCUT2D eigenvalue weighted by atomic mass is 10.1. The largest absolute Gasteiger partial charge is 0.493 e. The summed E-state index contributed by atoms with van der Waals surface area (Å²) in [6.07, 6.45) is 0. The number of anilines is 1. The zero-order valence-corrected chi connectivity index (χ0v) is 20.0. The molecule has 1 aliphatic rings. The number of piperazine rings is 1. The van der Waals surface area contributed by atoms with Crippen LogP contribution in [0, 0.1) is 0 Å². The third kappa shape index (κ3) is 3.80. The normalized spacial score (nSPS) is 13.8. The minimum absolute atomic E-state index is 0.0625. The van der Waals surface area contributed by atoms with Crippen LogP contribution in [-0.4, -0.2) is 63.0 Å². The summed E-state index contributed by atoms with van der Waals surface area (Å²) in [4.78, 5) is 30.8. The third-order valence-corrected chi connectivity index (χ3v) is 6.54. The molecule has 8 heteroatoms. The number of nitrogens with zero attached hydrogens (tertiary/aromatic N) is 3. The maximum Gasteiger partial charge on any atom is 0.329 e. The van der Waals surface area contributed by atoms with Crippen LogP contribution in [0.5, 0.6) is 17.2 Å². The van der Waals surface area contributed by atoms with E-state index in [1.807, 2.05) is 53.4 Å². The van der Waals surface area contributed by atoms with Crippen molar-refractivity contribution in [2.75, 3.05) is 52.4 Å². The SMILES string of the molecule is COc1cc(N2CCN(C(=O)n3c4ccccc4c(=O)c4ccccc43)CC2)cc(OC)c1OC. The van der Waals surface area contributed by atoms with E-state index in [1.165, 1.54) is 0 Å². The van der Waals surface area contributed by atoms with E-state index in [4.69, 9.17) is 14.2 Å². The summed E-state index contributed by atoms with van der Waals surface area (Å²) in [7, 11) is 4.77. The number of ether oxygens (including phenoxy) is 3. The topological polar surface area (TPSA) is 73.2 Å². The Morgan fingerprint density at radius 1 is 0.743 bits per heavy atom. The van der Waals surface area contributed by atoms with Crippen molar-refractivity contribution in [1.82, 2.24) is 9.47 Å². The molecule has 0 unspecified atom stereocenters. The zero-order valence-electron chi connectivity index (χ0n) is 20.0. The van der Waals surface area contributed by atoms with Gasteiger partial charge in [-0.15, -0.1) is 0 Å². The molecule has 4 aromatic rings. The van der Waals surface area contributed by atoms with Crippen molar-refractivity contribution in [3.8, 4) is 17.2 Å². The molecule has 1 fully saturated rings. The van der Waals surface area contributed by atoms with Crippen molar-refractivity contribution >= 4 is 33.5 Å². The van der Waals surface area contributed by atoms with Crippen LogP contribution in [0.3, 0.4) is 0 Å². The first-order chi connectivity index (χ1) is 17.1. The Bertz CT molecular complexity index is 1390. The van der Waals surface area contributed by atoms with Crippen molar-refractivity contribution in [1.29, 1.82) is 0 Å². The number of rotatable bonds is 4. The molecule has 0 N–H and O–H groups in total. The number of hydrogen-bond acceptors (Lipinski definition) is 6. The Balaban J connectivity index is 1.46. The second kappa shape index (κ2) is 9.21. The van der Waals surface area contributed by atoms with Gasteiger partial charge in [0.1, 0.15) is 0 Å². The number of pyridine rings is 1. The van der Waals surface area contributed by atoms with Crippen LogP contribution in [0.15, 0.2) is 65.5 Å². The molecule has 1 aromatic heterocycles. The quantitative estimate of drug-likeness (QED) is 0.418. The number of fused-ring (bicyclic) bond motifs is 2. The van der Waals surface area contributed by atoms with Crippen LogP contribution in [0.4, 0.5) is 10.5 Å². The molecular formula is C27H27N3O5. The number of carbonyl (C=O) groups excluding carboxylic acids is 1. The zero-order chi connectivity index (χ0) is 24.5. The highest BCUT2D eigenvalue weighted by atomic mass is 16.5. The molecular weight excluding hydrogens is 446 g/mol. The van der Waals surface area contributed by atoms with E-state index in [9.17, 15) is 9.59 Å². The van der Waals surface area contributed by atoms with Gasteiger partial charge in [0.05, 0.1) is 32.4 Å². The first kappa shape index (κ1) is 22.6. The van der Waals surface area contributed by atoms with Crippen molar-refractivity contribution in [2.45, 2.75) is 0 Å². The molecule has 1 amide bonds. The van der Waals surface area contributed by atoms with Gasteiger partial charge in [-0.1, -0.05) is 24.3 Å². The first-order valence-corrected chi connectivity index (χ1v) is 11.4. The Morgan fingerprint density at radius 2 is 1.26 bits per heavy atom. The molecule has 2 heterocycles. The fourth-order valence-corrected chi connectivity index (χ4v) is 4.75. The number of aromatic nitrogens is 1. The summed E-state index contributed by atoms with van der Waals surface area (Å²) in [5.74, 6) is 1.72. The van der Waals surface area contributed by atoms with E-state index in [-0.39, 0.29) is 11.5 Å². The number of para-hydroxylation sites is 2. The maximum absolute atomic E-state index is 13.8. The molecule has 0 radical (unpaired) electrons. The second-order valence-electron chi connectivity index (χ2n) is 8.34. The lowest BCUT2D eigenvalue weighted by Crippen LogP contribution is -2.50. The molecule has 5 rings (SSSR count). The van der Waals surface area contributed by atoms with Crippen LogP contribution in [0.2, 0.25) is 0 Å². The molecule has 180 valence electrons. The van der Waals surface area contributed by atoms with Crippen molar-refractivity contribution in [3.05, 3.63) is 70.9 Å². The number of benzene rings is 3. The van der Waals surface area contributed by atoms with E-state index in [0.29, 0.717) is 65.2 Å². The van der Waals surface area contributed by atoms with Gasteiger partial charge in [-0.05, 0) is 24.3 Å². The Hall–Kier alpha value is -4.20. The van der Waals surface area contributed by atoms with Gasteiger partial charge in [-0.3, -0.25) is 9.36 Å². The highest BCUT2D eigenvalue weighted by molar-refractivity contribution is 6.02. The van der Waals surface area contributed by atoms with Crippen LogP contribution < -0.4 is 24.5 Å². The van der Waals surface area contributed by atoms with Crippen LogP contribution >= 0.6 is 0 Å². The fourth-order valence-electron chi connectivity index (χ4n) is 4.75.